The summed E-state index contributed by atoms with van der Waals surface area (Å²) < 4.78 is 0. The molecule has 1 aromatic carbocycles. The van der Waals surface area contributed by atoms with Gasteiger partial charge >= 0.3 is 0 Å². The second-order valence-electron chi connectivity index (χ2n) is 2.76. The summed E-state index contributed by atoms with van der Waals surface area (Å²) in [5, 5.41) is 11.5. The van der Waals surface area contributed by atoms with Crippen molar-refractivity contribution in [2.45, 2.75) is 5.03 Å². The maximum Gasteiger partial charge on any atom is 0.127 e. The van der Waals surface area contributed by atoms with Crippen LogP contribution in [0.1, 0.15) is 0 Å². The van der Waals surface area contributed by atoms with Crippen LogP contribution in [0.15, 0.2) is 35.5 Å². The van der Waals surface area contributed by atoms with Crippen LogP contribution >= 0.6 is 12.6 Å². The van der Waals surface area contributed by atoms with Crippen LogP contribution in [0, 0.1) is 0 Å². The Bertz CT molecular complexity index is 415. The summed E-state index contributed by atoms with van der Waals surface area (Å²) in [7, 11) is 0. The average Bonchev–Trinajstić information content (AvgIpc) is 2.20. The molecule has 0 bridgehead atoms. The lowest BCUT2D eigenvalue weighted by Crippen LogP contribution is -1.94. The van der Waals surface area contributed by atoms with E-state index < -0.39 is 0 Å². The van der Waals surface area contributed by atoms with E-state index in [1.807, 2.05) is 24.3 Å². The van der Waals surface area contributed by atoms with Crippen molar-refractivity contribution < 1.29 is 0 Å². The highest BCUT2D eigenvalue weighted by atomic mass is 32.1. The summed E-state index contributed by atoms with van der Waals surface area (Å²) in [6.45, 7) is 0. The van der Waals surface area contributed by atoms with Crippen LogP contribution in [-0.2, 0) is 0 Å². The zero-order valence-corrected chi connectivity index (χ0v) is 8.15. The van der Waals surface area contributed by atoms with Crippen molar-refractivity contribution >= 4 is 18.3 Å². The highest BCUT2D eigenvalue weighted by molar-refractivity contribution is 7.80. The van der Waals surface area contributed by atoms with E-state index in [1.165, 1.54) is 0 Å². The van der Waals surface area contributed by atoms with Crippen LogP contribution in [-0.4, -0.2) is 15.4 Å². The number of nitrogen functional groups attached to an aromatic ring is 1. The van der Waals surface area contributed by atoms with Gasteiger partial charge in [0.15, 0.2) is 0 Å². The van der Waals surface area contributed by atoms with Crippen molar-refractivity contribution in [3.05, 3.63) is 30.5 Å². The zero-order valence-electron chi connectivity index (χ0n) is 7.25. The molecule has 2 aromatic rings. The molecule has 14 heavy (non-hydrogen) atoms. The van der Waals surface area contributed by atoms with Gasteiger partial charge in [0.25, 0.3) is 0 Å². The lowest BCUT2D eigenvalue weighted by molar-refractivity contribution is 0.810. The highest BCUT2D eigenvalue weighted by Crippen LogP contribution is 2.27. The molecular weight excluding hydrogens is 196 g/mol. The summed E-state index contributed by atoms with van der Waals surface area (Å²) in [4.78, 5) is 0. The van der Waals surface area contributed by atoms with Gasteiger partial charge in [0.1, 0.15) is 5.03 Å². The molecule has 0 spiro atoms. The van der Waals surface area contributed by atoms with Crippen molar-refractivity contribution in [1.82, 2.24) is 15.4 Å². The van der Waals surface area contributed by atoms with Gasteiger partial charge < -0.3 is 5.73 Å². The number of nitrogens with two attached hydrogens (primary N) is 1. The zero-order chi connectivity index (χ0) is 9.97. The van der Waals surface area contributed by atoms with Crippen LogP contribution in [0.2, 0.25) is 0 Å². The van der Waals surface area contributed by atoms with Crippen LogP contribution in [0.5, 0.6) is 0 Å². The second kappa shape index (κ2) is 3.63. The molecule has 5 heteroatoms. The Balaban J connectivity index is 2.61. The Hall–Kier alpha value is -1.62. The Morgan fingerprint density at radius 2 is 1.93 bits per heavy atom. The molecule has 2 N–H and O–H groups in total. The number of hydrogen-bond donors (Lipinski definition) is 2. The molecular formula is C9H8N4S. The van der Waals surface area contributed by atoms with Gasteiger partial charge in [-0.05, 0) is 11.3 Å². The molecule has 0 atom stereocenters. The van der Waals surface area contributed by atoms with E-state index >= 15 is 0 Å². The van der Waals surface area contributed by atoms with E-state index in [0.29, 0.717) is 10.7 Å². The van der Waals surface area contributed by atoms with E-state index in [4.69, 9.17) is 5.73 Å². The first-order valence-electron chi connectivity index (χ1n) is 4.01. The van der Waals surface area contributed by atoms with Crippen molar-refractivity contribution in [2.75, 3.05) is 5.73 Å². The van der Waals surface area contributed by atoms with Crippen LogP contribution in [0.3, 0.4) is 0 Å². The molecule has 1 aromatic heterocycles. The van der Waals surface area contributed by atoms with Crippen LogP contribution < -0.4 is 5.73 Å². The average molecular weight is 204 g/mol. The minimum Gasteiger partial charge on any atom is -0.398 e. The summed E-state index contributed by atoms with van der Waals surface area (Å²) >= 11 is 4.19. The maximum atomic E-state index is 5.81. The third kappa shape index (κ3) is 1.54. The molecule has 4 nitrogen and oxygen atoms in total. The standard InChI is InChI=1S/C9H8N4S/c10-8-4-2-1-3-6(8)7-5-11-13-12-9(7)14/h1-5H,10H2,(H,11,12,14). The van der Waals surface area contributed by atoms with Gasteiger partial charge in [-0.25, -0.2) is 0 Å². The first-order valence-corrected chi connectivity index (χ1v) is 4.46. The van der Waals surface area contributed by atoms with Gasteiger partial charge in [0.2, 0.25) is 0 Å². The van der Waals surface area contributed by atoms with E-state index in [-0.39, 0.29) is 0 Å². The predicted octanol–water partition coefficient (Wildman–Crippen LogP) is 1.41. The first kappa shape index (κ1) is 8.96. The van der Waals surface area contributed by atoms with E-state index in [0.717, 1.165) is 11.1 Å². The second-order valence-corrected chi connectivity index (χ2v) is 3.18. The minimum absolute atomic E-state index is 0.526. The smallest absolute Gasteiger partial charge is 0.127 e. The number of para-hydroxylation sites is 1. The number of anilines is 1. The molecule has 1 heterocycles. The maximum absolute atomic E-state index is 5.81. The van der Waals surface area contributed by atoms with Gasteiger partial charge in [0.05, 0.1) is 6.20 Å². The quantitative estimate of drug-likeness (QED) is 0.544. The lowest BCUT2D eigenvalue weighted by atomic mass is 10.1. The lowest BCUT2D eigenvalue weighted by Gasteiger charge is -2.05. The van der Waals surface area contributed by atoms with Gasteiger partial charge in [-0.2, -0.15) is 0 Å². The Kier molecular flexibility index (Phi) is 2.32. The normalized spacial score (nSPS) is 10.1. The summed E-state index contributed by atoms with van der Waals surface area (Å²) in [5.74, 6) is 0. The molecule has 0 aliphatic heterocycles. The first-order chi connectivity index (χ1) is 6.79. The van der Waals surface area contributed by atoms with Crippen molar-refractivity contribution in [2.24, 2.45) is 0 Å². The monoisotopic (exact) mass is 204 g/mol. The molecule has 0 radical (unpaired) electrons. The summed E-state index contributed by atoms with van der Waals surface area (Å²) in [5.41, 5.74) is 8.16. The van der Waals surface area contributed by atoms with Gasteiger partial charge in [-0.1, -0.05) is 18.2 Å². The van der Waals surface area contributed by atoms with Crippen molar-refractivity contribution in [3.63, 3.8) is 0 Å². The molecule has 0 aliphatic rings. The molecule has 0 fully saturated rings. The molecule has 2 rings (SSSR count). The third-order valence-electron chi connectivity index (χ3n) is 1.87. The SMILES string of the molecule is Nc1ccccc1-c1cnnnc1S. The van der Waals surface area contributed by atoms with E-state index in [2.05, 4.69) is 28.0 Å². The fourth-order valence-corrected chi connectivity index (χ4v) is 1.41. The van der Waals surface area contributed by atoms with Crippen molar-refractivity contribution in [1.29, 1.82) is 0 Å². The molecule has 70 valence electrons. The topological polar surface area (TPSA) is 64.7 Å². The predicted molar refractivity (Wildman–Crippen MR) is 56.9 cm³/mol. The summed E-state index contributed by atoms with van der Waals surface area (Å²) in [6.07, 6.45) is 1.60. The molecule has 0 saturated carbocycles. The van der Waals surface area contributed by atoms with Gasteiger partial charge in [-0.15, -0.1) is 22.8 Å². The Morgan fingerprint density at radius 1 is 1.14 bits per heavy atom. The molecule has 0 amide bonds. The fourth-order valence-electron chi connectivity index (χ4n) is 1.20. The Labute approximate surface area is 86.6 Å². The third-order valence-corrected chi connectivity index (χ3v) is 2.20. The molecule has 0 unspecified atom stereocenters. The number of nitrogens with zero attached hydrogens (tertiary/aromatic N) is 3. The highest BCUT2D eigenvalue weighted by Gasteiger charge is 2.06. The Morgan fingerprint density at radius 3 is 2.64 bits per heavy atom. The number of thiol groups is 1. The van der Waals surface area contributed by atoms with Gasteiger partial charge in [-0.3, -0.25) is 0 Å². The molecule has 0 aliphatic carbocycles. The summed E-state index contributed by atoms with van der Waals surface area (Å²) in [6, 6.07) is 7.50. The van der Waals surface area contributed by atoms with Crippen LogP contribution in [0.4, 0.5) is 5.69 Å². The van der Waals surface area contributed by atoms with Crippen LogP contribution in [0.25, 0.3) is 11.1 Å². The minimum atomic E-state index is 0.526. The van der Waals surface area contributed by atoms with E-state index in [9.17, 15) is 0 Å². The van der Waals surface area contributed by atoms with Crippen molar-refractivity contribution in [3.8, 4) is 11.1 Å². The largest absolute Gasteiger partial charge is 0.398 e. The molecule has 0 saturated heterocycles. The van der Waals surface area contributed by atoms with E-state index in [1.54, 1.807) is 6.20 Å². The van der Waals surface area contributed by atoms with Gasteiger partial charge in [0, 0.05) is 16.8 Å². The number of rotatable bonds is 1. The number of hydrogen-bond acceptors (Lipinski definition) is 5. The number of benzene rings is 1. The fraction of sp³-hybridized carbons (Fsp3) is 0. The number of aromatic nitrogens is 3.